The van der Waals surface area contributed by atoms with Crippen LogP contribution in [0.5, 0.6) is 0 Å². The van der Waals surface area contributed by atoms with E-state index >= 15 is 0 Å². The number of aryl methyl sites for hydroxylation is 1. The molecule has 2 aromatic carbocycles. The van der Waals surface area contributed by atoms with Gasteiger partial charge in [-0.1, -0.05) is 60.2 Å². The SMILES string of the molecule is Cc1ccc(S(=O)(=O)C[C@@]2(O)C=C[C@H](O)C[C@@H]2c2ccccc2)cc1. The van der Waals surface area contributed by atoms with E-state index in [1.54, 1.807) is 24.3 Å². The van der Waals surface area contributed by atoms with E-state index in [9.17, 15) is 18.6 Å². The number of aliphatic hydroxyl groups excluding tert-OH is 1. The van der Waals surface area contributed by atoms with Crippen LogP contribution in [0.3, 0.4) is 0 Å². The lowest BCUT2D eigenvalue weighted by Crippen LogP contribution is -2.45. The quantitative estimate of drug-likeness (QED) is 0.824. The van der Waals surface area contributed by atoms with Crippen LogP contribution < -0.4 is 0 Å². The summed E-state index contributed by atoms with van der Waals surface area (Å²) in [6, 6.07) is 15.8. The Bertz CT molecular complexity index is 856. The first-order valence-corrected chi connectivity index (χ1v) is 9.89. The molecule has 0 spiro atoms. The molecule has 2 aromatic rings. The molecule has 25 heavy (non-hydrogen) atoms. The van der Waals surface area contributed by atoms with E-state index in [-0.39, 0.29) is 11.3 Å². The first kappa shape index (κ1) is 17.9. The highest BCUT2D eigenvalue weighted by molar-refractivity contribution is 7.91. The average Bonchev–Trinajstić information content (AvgIpc) is 2.58. The monoisotopic (exact) mass is 358 g/mol. The number of benzene rings is 2. The van der Waals surface area contributed by atoms with Crippen molar-refractivity contribution in [1.29, 1.82) is 0 Å². The smallest absolute Gasteiger partial charge is 0.181 e. The van der Waals surface area contributed by atoms with Crippen LogP contribution in [-0.2, 0) is 9.84 Å². The van der Waals surface area contributed by atoms with Gasteiger partial charge < -0.3 is 10.2 Å². The van der Waals surface area contributed by atoms with Gasteiger partial charge in [0, 0.05) is 5.92 Å². The molecule has 4 nitrogen and oxygen atoms in total. The summed E-state index contributed by atoms with van der Waals surface area (Å²) in [5.41, 5.74) is 0.220. The Morgan fingerprint density at radius 1 is 1.08 bits per heavy atom. The second-order valence-electron chi connectivity index (χ2n) is 6.69. The third kappa shape index (κ3) is 3.84. The molecule has 5 heteroatoms. The van der Waals surface area contributed by atoms with Crippen LogP contribution in [0, 0.1) is 6.92 Å². The van der Waals surface area contributed by atoms with Crippen LogP contribution in [0.2, 0.25) is 0 Å². The summed E-state index contributed by atoms with van der Waals surface area (Å²) < 4.78 is 25.6. The highest BCUT2D eigenvalue weighted by atomic mass is 32.2. The number of sulfone groups is 1. The molecule has 0 bridgehead atoms. The van der Waals surface area contributed by atoms with Crippen molar-refractivity contribution < 1.29 is 18.6 Å². The fraction of sp³-hybridized carbons (Fsp3) is 0.300. The van der Waals surface area contributed by atoms with Crippen LogP contribution in [0.25, 0.3) is 0 Å². The van der Waals surface area contributed by atoms with Crippen molar-refractivity contribution in [2.24, 2.45) is 0 Å². The molecule has 1 aliphatic carbocycles. The minimum atomic E-state index is -3.68. The predicted octanol–water partition coefficient (Wildman–Crippen LogP) is 2.60. The minimum absolute atomic E-state index is 0.192. The molecule has 0 unspecified atom stereocenters. The molecule has 0 amide bonds. The minimum Gasteiger partial charge on any atom is -0.389 e. The fourth-order valence-corrected chi connectivity index (χ4v) is 4.93. The van der Waals surface area contributed by atoms with Crippen LogP contribution in [0.4, 0.5) is 0 Å². The van der Waals surface area contributed by atoms with Gasteiger partial charge in [0.2, 0.25) is 0 Å². The zero-order valence-corrected chi connectivity index (χ0v) is 14.9. The van der Waals surface area contributed by atoms with Crippen LogP contribution in [-0.4, -0.2) is 36.1 Å². The molecular weight excluding hydrogens is 336 g/mol. The zero-order chi connectivity index (χ0) is 18.1. The fourth-order valence-electron chi connectivity index (χ4n) is 3.31. The predicted molar refractivity (Wildman–Crippen MR) is 97.1 cm³/mol. The summed E-state index contributed by atoms with van der Waals surface area (Å²) in [4.78, 5) is 0.192. The van der Waals surface area contributed by atoms with Crippen LogP contribution in [0.1, 0.15) is 23.5 Å². The van der Waals surface area contributed by atoms with E-state index in [0.717, 1.165) is 11.1 Å². The number of rotatable bonds is 4. The van der Waals surface area contributed by atoms with Crippen molar-refractivity contribution >= 4 is 9.84 Å². The Kier molecular flexibility index (Phi) is 4.82. The number of hydrogen-bond acceptors (Lipinski definition) is 4. The van der Waals surface area contributed by atoms with Gasteiger partial charge in [0.1, 0.15) is 5.60 Å². The number of hydrogen-bond donors (Lipinski definition) is 2. The maximum atomic E-state index is 12.8. The third-order valence-electron chi connectivity index (χ3n) is 4.69. The molecule has 3 rings (SSSR count). The van der Waals surface area contributed by atoms with Gasteiger partial charge in [0.05, 0.1) is 16.8 Å². The molecule has 0 saturated carbocycles. The summed E-state index contributed by atoms with van der Waals surface area (Å²) in [5.74, 6) is -0.916. The number of aliphatic hydroxyl groups is 2. The van der Waals surface area contributed by atoms with Crippen LogP contribution >= 0.6 is 0 Å². The van der Waals surface area contributed by atoms with Gasteiger partial charge in [-0.3, -0.25) is 0 Å². The lowest BCUT2D eigenvalue weighted by atomic mass is 9.76. The lowest BCUT2D eigenvalue weighted by molar-refractivity contribution is 0.0489. The summed E-state index contributed by atoms with van der Waals surface area (Å²) >= 11 is 0. The largest absolute Gasteiger partial charge is 0.389 e. The van der Waals surface area contributed by atoms with E-state index in [4.69, 9.17) is 0 Å². The molecule has 132 valence electrons. The summed E-state index contributed by atoms with van der Waals surface area (Å²) in [7, 11) is -3.68. The van der Waals surface area contributed by atoms with Crippen molar-refractivity contribution in [2.45, 2.75) is 35.9 Å². The van der Waals surface area contributed by atoms with E-state index in [1.165, 1.54) is 12.2 Å². The van der Waals surface area contributed by atoms with Gasteiger partial charge in [0.15, 0.2) is 9.84 Å². The summed E-state index contributed by atoms with van der Waals surface area (Å²) in [6.07, 6.45) is 2.49. The average molecular weight is 358 g/mol. The normalized spacial score (nSPS) is 26.5. The standard InChI is InChI=1S/C20H22O4S/c1-15-7-9-18(10-8-15)25(23,24)14-20(22)12-11-17(21)13-19(20)16-5-3-2-4-6-16/h2-12,17,19,21-22H,13-14H2,1H3/t17-,19+,20-/m0/s1. The second kappa shape index (κ2) is 6.75. The molecule has 1 aliphatic rings. The molecule has 0 heterocycles. The highest BCUT2D eigenvalue weighted by Gasteiger charge is 2.43. The molecule has 0 aliphatic heterocycles. The maximum Gasteiger partial charge on any atom is 0.181 e. The summed E-state index contributed by atoms with van der Waals surface area (Å²) in [5, 5.41) is 21.1. The highest BCUT2D eigenvalue weighted by Crippen LogP contribution is 2.39. The first-order valence-electron chi connectivity index (χ1n) is 8.24. The Hall–Kier alpha value is -1.95. The van der Waals surface area contributed by atoms with Crippen molar-refractivity contribution in [2.75, 3.05) is 5.75 Å². The van der Waals surface area contributed by atoms with Gasteiger partial charge in [-0.25, -0.2) is 8.42 Å². The van der Waals surface area contributed by atoms with Gasteiger partial charge >= 0.3 is 0 Å². The first-order chi connectivity index (χ1) is 11.8. The van der Waals surface area contributed by atoms with E-state index in [2.05, 4.69) is 0 Å². The topological polar surface area (TPSA) is 74.6 Å². The van der Waals surface area contributed by atoms with Crippen molar-refractivity contribution in [3.8, 4) is 0 Å². The molecular formula is C20H22O4S. The Balaban J connectivity index is 1.97. The van der Waals surface area contributed by atoms with Crippen molar-refractivity contribution in [3.63, 3.8) is 0 Å². The van der Waals surface area contributed by atoms with Crippen LogP contribution in [0.15, 0.2) is 71.6 Å². The lowest BCUT2D eigenvalue weighted by Gasteiger charge is -2.38. The zero-order valence-electron chi connectivity index (χ0n) is 14.0. The second-order valence-corrected chi connectivity index (χ2v) is 8.68. The molecule has 2 N–H and O–H groups in total. The van der Waals surface area contributed by atoms with Crippen molar-refractivity contribution in [3.05, 3.63) is 77.9 Å². The molecule has 0 fully saturated rings. The van der Waals surface area contributed by atoms with Crippen molar-refractivity contribution in [1.82, 2.24) is 0 Å². The summed E-state index contributed by atoms with van der Waals surface area (Å²) in [6.45, 7) is 1.89. The molecule has 0 saturated heterocycles. The molecule has 0 radical (unpaired) electrons. The van der Waals surface area contributed by atoms with Gasteiger partial charge in [0.25, 0.3) is 0 Å². The van der Waals surface area contributed by atoms with E-state index in [0.29, 0.717) is 0 Å². The molecule has 0 aromatic heterocycles. The van der Waals surface area contributed by atoms with Gasteiger partial charge in [-0.2, -0.15) is 0 Å². The van der Waals surface area contributed by atoms with E-state index in [1.807, 2.05) is 37.3 Å². The molecule has 3 atom stereocenters. The third-order valence-corrected chi connectivity index (χ3v) is 6.52. The Morgan fingerprint density at radius 2 is 1.72 bits per heavy atom. The van der Waals surface area contributed by atoms with E-state index < -0.39 is 33.2 Å². The van der Waals surface area contributed by atoms with Gasteiger partial charge in [-0.05, 0) is 31.0 Å². The Labute approximate surface area is 148 Å². The maximum absolute atomic E-state index is 12.8. The Morgan fingerprint density at radius 3 is 2.36 bits per heavy atom. The van der Waals surface area contributed by atoms with Gasteiger partial charge in [-0.15, -0.1) is 0 Å².